The highest BCUT2D eigenvalue weighted by Crippen LogP contribution is 2.33. The normalized spacial score (nSPS) is 33.0. The molecule has 9 heteroatoms. The number of nitrogens with zero attached hydrogens (tertiary/aromatic N) is 4. The molecular weight excluding hydrogens is 282 g/mol. The summed E-state index contributed by atoms with van der Waals surface area (Å²) in [7, 11) is 0. The van der Waals surface area contributed by atoms with Crippen molar-refractivity contribution in [3.05, 3.63) is 12.7 Å². The Labute approximate surface area is 123 Å². The predicted molar refractivity (Wildman–Crippen MR) is 74.0 cm³/mol. The van der Waals surface area contributed by atoms with Gasteiger partial charge in [0.15, 0.2) is 17.7 Å². The van der Waals surface area contributed by atoms with E-state index in [1.54, 1.807) is 0 Å². The predicted octanol–water partition coefficient (Wildman–Crippen LogP) is -0.609. The summed E-state index contributed by atoms with van der Waals surface area (Å²) in [5.74, 6) is 0.183. The fourth-order valence-electron chi connectivity index (χ4n) is 2.27. The van der Waals surface area contributed by atoms with Crippen LogP contribution in [-0.4, -0.2) is 60.0 Å². The van der Waals surface area contributed by atoms with Crippen LogP contribution in [0.25, 0.3) is 11.2 Å². The Hall–Kier alpha value is -1.42. The molecule has 0 spiro atoms. The Bertz CT molecular complexity index is 712. The average Bonchev–Trinajstić information content (AvgIpc) is 3.01. The van der Waals surface area contributed by atoms with Crippen molar-refractivity contribution in [2.24, 2.45) is 0 Å². The Balaban J connectivity index is 1.85. The van der Waals surface area contributed by atoms with Crippen LogP contribution in [0, 0.1) is 0 Å². The summed E-state index contributed by atoms with van der Waals surface area (Å²) in [4.78, 5) is 11.9. The van der Waals surface area contributed by atoms with Crippen LogP contribution in [0.3, 0.4) is 0 Å². The molecule has 0 radical (unpaired) electrons. The van der Waals surface area contributed by atoms with E-state index in [1.165, 1.54) is 17.2 Å². The lowest BCUT2D eigenvalue weighted by molar-refractivity contribution is -0.0285. The summed E-state index contributed by atoms with van der Waals surface area (Å²) in [6, 6.07) is 0. The third-order valence-corrected chi connectivity index (χ3v) is 3.75. The van der Waals surface area contributed by atoms with E-state index in [1.807, 2.05) is 0 Å². The molecule has 8 nitrogen and oxygen atoms in total. The second kappa shape index (κ2) is 5.17. The maximum absolute atomic E-state index is 10.2. The van der Waals surface area contributed by atoms with E-state index in [4.69, 9.17) is 14.6 Å². The molecule has 1 aliphatic rings. The van der Waals surface area contributed by atoms with Crippen LogP contribution >= 0.6 is 11.8 Å². The number of thioether (sulfide) groups is 1. The van der Waals surface area contributed by atoms with Gasteiger partial charge in [0.1, 0.15) is 30.4 Å². The standard InChI is InChI=1S/C11H15N5O3S/c1-20-2-5-7(17)8(18)11(19-5)16-4-15-10-6(16)9(12)13-3-14-10/h3-5,7-8,11,17-18H,2H2,1H3,(H2,12,13,14)/t5-,7-,8-,11-/m1/s1/i1D3. The summed E-state index contributed by atoms with van der Waals surface area (Å²) in [5, 5.41) is 20.3. The number of nitrogens with two attached hydrogens (primary N) is 1. The van der Waals surface area contributed by atoms with Crippen LogP contribution < -0.4 is 5.73 Å². The molecule has 0 aliphatic carbocycles. The number of rotatable bonds is 3. The number of fused-ring (bicyclic) bond motifs is 1. The molecule has 2 aromatic rings. The van der Waals surface area contributed by atoms with E-state index in [9.17, 15) is 10.2 Å². The molecule has 1 saturated heterocycles. The van der Waals surface area contributed by atoms with Crippen molar-refractivity contribution in [1.82, 2.24) is 19.5 Å². The fourth-order valence-corrected chi connectivity index (χ4v) is 2.71. The Morgan fingerprint density at radius 2 is 2.30 bits per heavy atom. The molecule has 0 saturated carbocycles. The molecule has 4 N–H and O–H groups in total. The molecule has 0 unspecified atom stereocenters. The summed E-state index contributed by atoms with van der Waals surface area (Å²) < 4.78 is 28.6. The van der Waals surface area contributed by atoms with E-state index >= 15 is 0 Å². The van der Waals surface area contributed by atoms with Gasteiger partial charge in [-0.3, -0.25) is 4.57 Å². The van der Waals surface area contributed by atoms with Gasteiger partial charge in [0, 0.05) is 9.87 Å². The zero-order valence-electron chi connectivity index (χ0n) is 13.2. The van der Waals surface area contributed by atoms with Crippen molar-refractivity contribution >= 4 is 28.7 Å². The molecule has 20 heavy (non-hydrogen) atoms. The number of nitrogen functional groups attached to an aromatic ring is 1. The lowest BCUT2D eigenvalue weighted by Gasteiger charge is -2.17. The Morgan fingerprint density at radius 3 is 3.10 bits per heavy atom. The zero-order valence-corrected chi connectivity index (χ0v) is 11.1. The largest absolute Gasteiger partial charge is 0.387 e. The third-order valence-electron chi connectivity index (χ3n) is 3.25. The first-order valence-electron chi connectivity index (χ1n) is 7.36. The van der Waals surface area contributed by atoms with E-state index in [0.717, 1.165) is 0 Å². The number of hydrogen-bond donors (Lipinski definition) is 3. The van der Waals surface area contributed by atoms with Gasteiger partial charge in [-0.05, 0) is 6.18 Å². The number of imidazole rings is 1. The van der Waals surface area contributed by atoms with Gasteiger partial charge in [-0.15, -0.1) is 0 Å². The second-order valence-corrected chi connectivity index (χ2v) is 5.06. The van der Waals surface area contributed by atoms with Gasteiger partial charge >= 0.3 is 0 Å². The van der Waals surface area contributed by atoms with Gasteiger partial charge in [-0.2, -0.15) is 11.8 Å². The van der Waals surface area contributed by atoms with Gasteiger partial charge in [0.25, 0.3) is 0 Å². The molecule has 1 fully saturated rings. The number of aromatic nitrogens is 4. The highest BCUT2D eigenvalue weighted by atomic mass is 32.2. The minimum atomic E-state index is -2.20. The smallest absolute Gasteiger partial charge is 0.183 e. The van der Waals surface area contributed by atoms with Gasteiger partial charge in [0.2, 0.25) is 0 Å². The molecule has 2 aromatic heterocycles. The number of ether oxygens (including phenoxy) is 1. The van der Waals surface area contributed by atoms with E-state index < -0.39 is 30.7 Å². The molecule has 0 amide bonds. The van der Waals surface area contributed by atoms with Crippen molar-refractivity contribution in [2.75, 3.05) is 17.7 Å². The Kier molecular flexibility index (Phi) is 2.67. The molecule has 1 aliphatic heterocycles. The molecule has 0 bridgehead atoms. The summed E-state index contributed by atoms with van der Waals surface area (Å²) in [5.41, 5.74) is 6.53. The number of aliphatic hydroxyl groups excluding tert-OH is 2. The van der Waals surface area contributed by atoms with Crippen LogP contribution in [0.1, 0.15) is 10.3 Å². The van der Waals surface area contributed by atoms with Gasteiger partial charge in [-0.25, -0.2) is 15.0 Å². The number of hydrogen-bond acceptors (Lipinski definition) is 8. The van der Waals surface area contributed by atoms with E-state index in [2.05, 4.69) is 15.0 Å². The fraction of sp³-hybridized carbons (Fsp3) is 0.545. The Morgan fingerprint density at radius 1 is 1.45 bits per heavy atom. The topological polar surface area (TPSA) is 119 Å². The lowest BCUT2D eigenvalue weighted by Crippen LogP contribution is -2.32. The maximum atomic E-state index is 10.2. The highest BCUT2D eigenvalue weighted by Gasteiger charge is 2.43. The third kappa shape index (κ3) is 2.03. The van der Waals surface area contributed by atoms with Crippen LogP contribution in [0.4, 0.5) is 5.82 Å². The molecular formula is C11H15N5O3S. The molecule has 3 rings (SSSR count). The van der Waals surface area contributed by atoms with Crippen molar-refractivity contribution in [3.63, 3.8) is 0 Å². The first kappa shape index (κ1) is 10.3. The van der Waals surface area contributed by atoms with Crippen molar-refractivity contribution in [1.29, 1.82) is 0 Å². The van der Waals surface area contributed by atoms with Crippen LogP contribution in [0.5, 0.6) is 0 Å². The molecule has 3 heterocycles. The van der Waals surface area contributed by atoms with Crippen LogP contribution in [-0.2, 0) is 4.74 Å². The first-order valence-corrected chi connectivity index (χ1v) is 6.85. The molecule has 4 atom stereocenters. The minimum absolute atomic E-state index is 0.0177. The maximum Gasteiger partial charge on any atom is 0.183 e. The second-order valence-electron chi connectivity index (χ2n) is 4.44. The summed E-state index contributed by atoms with van der Waals surface area (Å²) in [6.45, 7) is 0. The summed E-state index contributed by atoms with van der Waals surface area (Å²) >= 11 is 0.672. The summed E-state index contributed by atoms with van der Waals surface area (Å²) in [6.07, 6.45) is -3.81. The zero-order chi connectivity index (χ0) is 16.8. The molecule has 108 valence electrons. The first-order chi connectivity index (χ1) is 10.8. The minimum Gasteiger partial charge on any atom is -0.387 e. The van der Waals surface area contributed by atoms with Gasteiger partial charge in [-0.1, -0.05) is 0 Å². The highest BCUT2D eigenvalue weighted by molar-refractivity contribution is 7.98. The van der Waals surface area contributed by atoms with Gasteiger partial charge in [0.05, 0.1) is 6.10 Å². The monoisotopic (exact) mass is 300 g/mol. The number of anilines is 1. The SMILES string of the molecule is [2H]C([2H])([2H])SC[C@H]1O[C@@H](n2cnc3ncnc(N)c32)[C@H](O)[C@@H]1O. The quantitative estimate of drug-likeness (QED) is 0.687. The van der Waals surface area contributed by atoms with Crippen LogP contribution in [0.2, 0.25) is 0 Å². The van der Waals surface area contributed by atoms with Crippen molar-refractivity contribution < 1.29 is 19.1 Å². The van der Waals surface area contributed by atoms with Crippen LogP contribution in [0.15, 0.2) is 12.7 Å². The number of aliphatic hydroxyl groups is 2. The average molecular weight is 300 g/mol. The van der Waals surface area contributed by atoms with Gasteiger partial charge < -0.3 is 20.7 Å². The lowest BCUT2D eigenvalue weighted by atomic mass is 10.1. The van der Waals surface area contributed by atoms with Crippen molar-refractivity contribution in [3.8, 4) is 0 Å². The van der Waals surface area contributed by atoms with Crippen molar-refractivity contribution in [2.45, 2.75) is 24.5 Å². The van der Waals surface area contributed by atoms with E-state index in [0.29, 0.717) is 22.9 Å². The van der Waals surface area contributed by atoms with E-state index in [-0.39, 0.29) is 11.6 Å². The molecule has 0 aromatic carbocycles.